The first-order valence-electron chi connectivity index (χ1n) is 5.41. The second-order valence-electron chi connectivity index (χ2n) is 3.83. The Morgan fingerprint density at radius 1 is 1.59 bits per heavy atom. The van der Waals surface area contributed by atoms with Crippen LogP contribution in [-0.2, 0) is 9.47 Å². The van der Waals surface area contributed by atoms with E-state index in [1.807, 2.05) is 0 Å². The second kappa shape index (κ2) is 5.47. The number of carbonyl (C=O) groups excluding carboxylic acids is 1. The molecule has 0 spiro atoms. The number of esters is 1. The SMILES string of the molecule is O=C(OCC1CCCO1)c1c(F)cccc1Cl. The van der Waals surface area contributed by atoms with Crippen LogP contribution in [0.15, 0.2) is 18.2 Å². The Balaban J connectivity index is 1.99. The molecule has 0 bridgehead atoms. The van der Waals surface area contributed by atoms with Gasteiger partial charge in [0, 0.05) is 6.61 Å². The van der Waals surface area contributed by atoms with Crippen molar-refractivity contribution < 1.29 is 18.7 Å². The molecular formula is C12H12ClFO3. The van der Waals surface area contributed by atoms with E-state index in [4.69, 9.17) is 21.1 Å². The third-order valence-electron chi connectivity index (χ3n) is 2.59. The van der Waals surface area contributed by atoms with Gasteiger partial charge in [-0.25, -0.2) is 9.18 Å². The topological polar surface area (TPSA) is 35.5 Å². The molecule has 1 atom stereocenters. The summed E-state index contributed by atoms with van der Waals surface area (Å²) in [6.45, 7) is 0.826. The molecule has 17 heavy (non-hydrogen) atoms. The van der Waals surface area contributed by atoms with Gasteiger partial charge in [-0.05, 0) is 25.0 Å². The van der Waals surface area contributed by atoms with E-state index in [0.717, 1.165) is 12.8 Å². The van der Waals surface area contributed by atoms with Crippen LogP contribution in [-0.4, -0.2) is 25.3 Å². The van der Waals surface area contributed by atoms with Gasteiger partial charge in [-0.3, -0.25) is 0 Å². The minimum atomic E-state index is -0.747. The minimum absolute atomic E-state index is 0.0577. The summed E-state index contributed by atoms with van der Waals surface area (Å²) in [5, 5.41) is 0.0577. The monoisotopic (exact) mass is 258 g/mol. The standard InChI is InChI=1S/C12H12ClFO3/c13-9-4-1-5-10(14)11(9)12(15)17-7-8-3-2-6-16-8/h1,4-5,8H,2-3,6-7H2. The van der Waals surface area contributed by atoms with Crippen molar-refractivity contribution in [3.05, 3.63) is 34.6 Å². The molecular weight excluding hydrogens is 247 g/mol. The predicted molar refractivity (Wildman–Crippen MR) is 60.7 cm³/mol. The van der Waals surface area contributed by atoms with Crippen molar-refractivity contribution in [2.45, 2.75) is 18.9 Å². The molecule has 1 aromatic rings. The van der Waals surface area contributed by atoms with E-state index in [1.165, 1.54) is 18.2 Å². The Hall–Kier alpha value is -1.13. The highest BCUT2D eigenvalue weighted by Gasteiger charge is 2.21. The van der Waals surface area contributed by atoms with Gasteiger partial charge in [0.15, 0.2) is 0 Å². The molecule has 0 aromatic heterocycles. The third kappa shape index (κ3) is 2.96. The minimum Gasteiger partial charge on any atom is -0.459 e. The summed E-state index contributed by atoms with van der Waals surface area (Å²) in [6.07, 6.45) is 1.74. The number of halogens is 2. The van der Waals surface area contributed by atoms with E-state index in [0.29, 0.717) is 6.61 Å². The fraction of sp³-hybridized carbons (Fsp3) is 0.417. The molecule has 1 heterocycles. The maximum Gasteiger partial charge on any atom is 0.342 e. The van der Waals surface area contributed by atoms with Gasteiger partial charge in [0.25, 0.3) is 0 Å². The van der Waals surface area contributed by atoms with E-state index in [9.17, 15) is 9.18 Å². The van der Waals surface area contributed by atoms with Gasteiger partial charge in [-0.15, -0.1) is 0 Å². The number of hydrogen-bond acceptors (Lipinski definition) is 3. The zero-order valence-corrected chi connectivity index (χ0v) is 9.87. The van der Waals surface area contributed by atoms with Crippen molar-refractivity contribution in [3.8, 4) is 0 Å². The largest absolute Gasteiger partial charge is 0.459 e. The van der Waals surface area contributed by atoms with Crippen molar-refractivity contribution in [1.29, 1.82) is 0 Å². The van der Waals surface area contributed by atoms with Crippen LogP contribution < -0.4 is 0 Å². The average molecular weight is 259 g/mol. The van der Waals surface area contributed by atoms with E-state index in [2.05, 4.69) is 0 Å². The van der Waals surface area contributed by atoms with Gasteiger partial charge in [0.05, 0.1) is 11.1 Å². The first-order chi connectivity index (χ1) is 8.18. The maximum atomic E-state index is 13.4. The normalized spacial score (nSPS) is 19.3. The fourth-order valence-electron chi connectivity index (χ4n) is 1.71. The maximum absolute atomic E-state index is 13.4. The molecule has 2 rings (SSSR count). The molecule has 1 saturated heterocycles. The van der Waals surface area contributed by atoms with Crippen molar-refractivity contribution in [3.63, 3.8) is 0 Å². The highest BCUT2D eigenvalue weighted by Crippen LogP contribution is 2.20. The number of rotatable bonds is 3. The lowest BCUT2D eigenvalue weighted by atomic mass is 10.2. The van der Waals surface area contributed by atoms with Gasteiger partial charge >= 0.3 is 5.97 Å². The highest BCUT2D eigenvalue weighted by atomic mass is 35.5. The number of carbonyl (C=O) groups is 1. The quantitative estimate of drug-likeness (QED) is 0.782. The Morgan fingerprint density at radius 2 is 2.41 bits per heavy atom. The van der Waals surface area contributed by atoms with Crippen LogP contribution in [0.25, 0.3) is 0 Å². The van der Waals surface area contributed by atoms with Crippen LogP contribution in [0.1, 0.15) is 23.2 Å². The van der Waals surface area contributed by atoms with Gasteiger partial charge in [0.1, 0.15) is 18.0 Å². The molecule has 0 radical (unpaired) electrons. The summed E-state index contributed by atoms with van der Waals surface area (Å²) in [7, 11) is 0. The summed E-state index contributed by atoms with van der Waals surface area (Å²) in [6, 6.07) is 4.07. The van der Waals surface area contributed by atoms with Crippen molar-refractivity contribution in [1.82, 2.24) is 0 Å². The molecule has 1 aliphatic rings. The van der Waals surface area contributed by atoms with Crippen LogP contribution >= 0.6 is 11.6 Å². The van der Waals surface area contributed by atoms with E-state index < -0.39 is 11.8 Å². The highest BCUT2D eigenvalue weighted by molar-refractivity contribution is 6.33. The number of benzene rings is 1. The third-order valence-corrected chi connectivity index (χ3v) is 2.91. The molecule has 5 heteroatoms. The summed E-state index contributed by atoms with van der Waals surface area (Å²) in [4.78, 5) is 11.6. The first kappa shape index (κ1) is 12.3. The van der Waals surface area contributed by atoms with Crippen LogP contribution in [0.3, 0.4) is 0 Å². The lowest BCUT2D eigenvalue weighted by Crippen LogP contribution is -2.18. The zero-order chi connectivity index (χ0) is 12.3. The summed E-state index contributed by atoms with van der Waals surface area (Å²) >= 11 is 5.75. The molecule has 1 fully saturated rings. The van der Waals surface area contributed by atoms with Crippen LogP contribution in [0, 0.1) is 5.82 Å². The van der Waals surface area contributed by atoms with Gasteiger partial charge in [0.2, 0.25) is 0 Å². The average Bonchev–Trinajstić information content (AvgIpc) is 2.79. The number of hydrogen-bond donors (Lipinski definition) is 0. The Morgan fingerprint density at radius 3 is 3.06 bits per heavy atom. The molecule has 0 amide bonds. The Labute approximate surface area is 103 Å². The molecule has 0 N–H and O–H groups in total. The lowest BCUT2D eigenvalue weighted by molar-refractivity contribution is 0.0158. The fourth-order valence-corrected chi connectivity index (χ4v) is 1.95. The lowest BCUT2D eigenvalue weighted by Gasteiger charge is -2.11. The van der Waals surface area contributed by atoms with E-state index in [1.54, 1.807) is 0 Å². The van der Waals surface area contributed by atoms with Crippen molar-refractivity contribution in [2.24, 2.45) is 0 Å². The molecule has 0 saturated carbocycles. The molecule has 0 aliphatic carbocycles. The molecule has 3 nitrogen and oxygen atoms in total. The van der Waals surface area contributed by atoms with E-state index in [-0.39, 0.29) is 23.3 Å². The summed E-state index contributed by atoms with van der Waals surface area (Å²) in [5.74, 6) is -1.42. The van der Waals surface area contributed by atoms with Crippen molar-refractivity contribution >= 4 is 17.6 Å². The molecule has 1 unspecified atom stereocenters. The zero-order valence-electron chi connectivity index (χ0n) is 9.12. The smallest absolute Gasteiger partial charge is 0.342 e. The number of ether oxygens (including phenoxy) is 2. The summed E-state index contributed by atoms with van der Waals surface area (Å²) in [5.41, 5.74) is -0.216. The van der Waals surface area contributed by atoms with Crippen molar-refractivity contribution in [2.75, 3.05) is 13.2 Å². The predicted octanol–water partition coefficient (Wildman–Crippen LogP) is 2.81. The second-order valence-corrected chi connectivity index (χ2v) is 4.24. The summed E-state index contributed by atoms with van der Waals surface area (Å²) < 4.78 is 23.7. The molecule has 1 aliphatic heterocycles. The van der Waals surface area contributed by atoms with Crippen LogP contribution in [0.2, 0.25) is 5.02 Å². The Bertz CT molecular complexity index is 396. The van der Waals surface area contributed by atoms with E-state index >= 15 is 0 Å². The Kier molecular flexibility index (Phi) is 3.97. The van der Waals surface area contributed by atoms with Crippen LogP contribution in [0.5, 0.6) is 0 Å². The first-order valence-corrected chi connectivity index (χ1v) is 5.79. The van der Waals surface area contributed by atoms with Crippen LogP contribution in [0.4, 0.5) is 4.39 Å². The van der Waals surface area contributed by atoms with Gasteiger partial charge in [-0.2, -0.15) is 0 Å². The van der Waals surface area contributed by atoms with Gasteiger partial charge in [-0.1, -0.05) is 17.7 Å². The molecule has 92 valence electrons. The molecule has 1 aromatic carbocycles. The van der Waals surface area contributed by atoms with Gasteiger partial charge < -0.3 is 9.47 Å².